The molecular weight excluding hydrogens is 320 g/mol. The quantitative estimate of drug-likeness (QED) is 0.359. The molecule has 0 aromatic rings. The lowest BCUT2D eigenvalue weighted by Crippen LogP contribution is -2.31. The fourth-order valence-corrected chi connectivity index (χ4v) is 2.67. The van der Waals surface area contributed by atoms with E-state index in [-0.39, 0.29) is 6.61 Å². The number of aliphatic hydroxyl groups is 2. The molecule has 0 rings (SSSR count). The number of hydrogen-bond donors (Lipinski definition) is 2. The Morgan fingerprint density at radius 1 is 0.720 bits per heavy atom. The summed E-state index contributed by atoms with van der Waals surface area (Å²) < 4.78 is 17.1. The van der Waals surface area contributed by atoms with E-state index in [4.69, 9.17) is 19.3 Å². The highest BCUT2D eigenvalue weighted by molar-refractivity contribution is 4.60. The first-order valence-electron chi connectivity index (χ1n) is 10.2. The summed E-state index contributed by atoms with van der Waals surface area (Å²) in [4.78, 5) is 0. The van der Waals surface area contributed by atoms with Crippen molar-refractivity contribution in [3.8, 4) is 0 Å². The van der Waals surface area contributed by atoms with E-state index in [0.29, 0.717) is 25.0 Å². The smallest absolute Gasteiger partial charge is 0.180 e. The molecule has 0 aliphatic carbocycles. The molecular formula is C20H42O5. The van der Waals surface area contributed by atoms with Crippen molar-refractivity contribution >= 4 is 0 Å². The van der Waals surface area contributed by atoms with Crippen molar-refractivity contribution < 1.29 is 24.4 Å². The summed E-state index contributed by atoms with van der Waals surface area (Å²) in [6, 6.07) is 0. The van der Waals surface area contributed by atoms with Crippen molar-refractivity contribution in [1.29, 1.82) is 0 Å². The molecule has 5 heteroatoms. The van der Waals surface area contributed by atoms with Crippen LogP contribution in [0.1, 0.15) is 79.1 Å². The Labute approximate surface area is 155 Å². The fourth-order valence-electron chi connectivity index (χ4n) is 2.67. The number of unbranched alkanes of at least 4 members (excludes halogenated alkanes) is 2. The van der Waals surface area contributed by atoms with Gasteiger partial charge in [-0.15, -0.1) is 0 Å². The molecule has 0 spiro atoms. The Hall–Kier alpha value is -0.200. The van der Waals surface area contributed by atoms with Crippen LogP contribution in [0.2, 0.25) is 0 Å². The number of aliphatic hydroxyl groups excluding tert-OH is 2. The summed E-state index contributed by atoms with van der Waals surface area (Å²) in [5.74, 6) is 1.05. The minimum absolute atomic E-state index is 0.135. The van der Waals surface area contributed by atoms with Gasteiger partial charge in [0, 0.05) is 0 Å². The van der Waals surface area contributed by atoms with Gasteiger partial charge in [0.05, 0.1) is 19.8 Å². The van der Waals surface area contributed by atoms with E-state index in [1.807, 2.05) is 0 Å². The van der Waals surface area contributed by atoms with Crippen molar-refractivity contribution in [2.24, 2.45) is 11.8 Å². The molecule has 0 aliphatic heterocycles. The molecule has 0 saturated carbocycles. The van der Waals surface area contributed by atoms with Crippen LogP contribution in [0.15, 0.2) is 0 Å². The topological polar surface area (TPSA) is 68.2 Å². The minimum Gasteiger partial charge on any atom is -0.391 e. The van der Waals surface area contributed by atoms with E-state index in [0.717, 1.165) is 25.7 Å². The minimum atomic E-state index is -1.18. The van der Waals surface area contributed by atoms with Gasteiger partial charge in [-0.25, -0.2) is 0 Å². The lowest BCUT2D eigenvalue weighted by molar-refractivity contribution is -0.220. The number of hydrogen-bond acceptors (Lipinski definition) is 5. The van der Waals surface area contributed by atoms with Gasteiger partial charge in [0.25, 0.3) is 0 Å². The molecule has 0 saturated heterocycles. The zero-order chi connectivity index (χ0) is 18.9. The van der Waals surface area contributed by atoms with Gasteiger partial charge < -0.3 is 24.4 Å². The third-order valence-electron chi connectivity index (χ3n) is 4.70. The number of rotatable bonds is 18. The Bertz CT molecular complexity index is 255. The predicted octanol–water partition coefficient (Wildman–Crippen LogP) is 4.11. The van der Waals surface area contributed by atoms with Crippen LogP contribution in [-0.4, -0.2) is 49.2 Å². The molecule has 0 fully saturated rings. The van der Waals surface area contributed by atoms with Crippen molar-refractivity contribution in [3.63, 3.8) is 0 Å². The zero-order valence-electron chi connectivity index (χ0n) is 16.9. The Balaban J connectivity index is 4.41. The van der Waals surface area contributed by atoms with Crippen molar-refractivity contribution in [1.82, 2.24) is 0 Å². The van der Waals surface area contributed by atoms with Crippen LogP contribution in [0.4, 0.5) is 0 Å². The summed E-state index contributed by atoms with van der Waals surface area (Å²) in [6.45, 7) is 9.77. The maximum absolute atomic E-state index is 9.40. The van der Waals surface area contributed by atoms with Gasteiger partial charge in [0.1, 0.15) is 6.61 Å². The second-order valence-electron chi connectivity index (χ2n) is 6.90. The maximum atomic E-state index is 9.40. The van der Waals surface area contributed by atoms with Crippen LogP contribution < -0.4 is 0 Å². The molecule has 0 bridgehead atoms. The zero-order valence-corrected chi connectivity index (χ0v) is 16.9. The monoisotopic (exact) mass is 362 g/mol. The van der Waals surface area contributed by atoms with Gasteiger partial charge in [0.2, 0.25) is 0 Å². The first-order valence-corrected chi connectivity index (χ1v) is 10.2. The van der Waals surface area contributed by atoms with Crippen LogP contribution in [0.5, 0.6) is 0 Å². The molecule has 5 nitrogen and oxygen atoms in total. The fraction of sp³-hybridized carbons (Fsp3) is 1.00. The molecule has 25 heavy (non-hydrogen) atoms. The number of ether oxygens (including phenoxy) is 3. The van der Waals surface area contributed by atoms with E-state index in [1.165, 1.54) is 25.7 Å². The lowest BCUT2D eigenvalue weighted by atomic mass is 10.0. The van der Waals surface area contributed by atoms with Crippen LogP contribution in [0, 0.1) is 11.8 Å². The van der Waals surface area contributed by atoms with E-state index in [1.54, 1.807) is 0 Å². The average Bonchev–Trinajstić information content (AvgIpc) is 2.64. The standard InChI is InChI=1S/C20H42O5/c1-5-9-11-17(7-3)14-24-20(16-23-19(22)13-21)25-15-18(8-4)12-10-6-2/h17-22H,5-16H2,1-4H3. The molecule has 3 unspecified atom stereocenters. The summed E-state index contributed by atoms with van der Waals surface area (Å²) in [5.41, 5.74) is 0. The van der Waals surface area contributed by atoms with Crippen molar-refractivity contribution in [2.45, 2.75) is 91.6 Å². The highest BCUT2D eigenvalue weighted by Gasteiger charge is 2.17. The van der Waals surface area contributed by atoms with E-state index >= 15 is 0 Å². The molecule has 3 atom stereocenters. The molecule has 0 radical (unpaired) electrons. The summed E-state index contributed by atoms with van der Waals surface area (Å²) in [6.07, 6.45) is 7.62. The van der Waals surface area contributed by atoms with Gasteiger partial charge in [0.15, 0.2) is 12.6 Å². The molecule has 2 N–H and O–H groups in total. The molecule has 0 aromatic heterocycles. The maximum Gasteiger partial charge on any atom is 0.180 e. The van der Waals surface area contributed by atoms with Gasteiger partial charge in [-0.05, 0) is 24.7 Å². The van der Waals surface area contributed by atoms with Crippen molar-refractivity contribution in [2.75, 3.05) is 26.4 Å². The van der Waals surface area contributed by atoms with E-state index in [9.17, 15) is 5.11 Å². The first-order chi connectivity index (χ1) is 12.1. The summed E-state index contributed by atoms with van der Waals surface area (Å²) >= 11 is 0. The molecule has 0 heterocycles. The SMILES string of the molecule is CCCCC(CC)COC(COC(O)CO)OCC(CC)CCCC. The Morgan fingerprint density at radius 2 is 1.20 bits per heavy atom. The van der Waals surface area contributed by atoms with Gasteiger partial charge >= 0.3 is 0 Å². The summed E-state index contributed by atoms with van der Waals surface area (Å²) in [5, 5.41) is 18.3. The van der Waals surface area contributed by atoms with Crippen LogP contribution in [-0.2, 0) is 14.2 Å². The van der Waals surface area contributed by atoms with Gasteiger partial charge in [-0.2, -0.15) is 0 Å². The van der Waals surface area contributed by atoms with Gasteiger partial charge in [-0.1, -0.05) is 66.2 Å². The predicted molar refractivity (Wildman–Crippen MR) is 101 cm³/mol. The molecule has 0 amide bonds. The van der Waals surface area contributed by atoms with Gasteiger partial charge in [-0.3, -0.25) is 0 Å². The lowest BCUT2D eigenvalue weighted by Gasteiger charge is -2.25. The van der Waals surface area contributed by atoms with Crippen LogP contribution in [0.3, 0.4) is 0 Å². The van der Waals surface area contributed by atoms with E-state index < -0.39 is 19.2 Å². The van der Waals surface area contributed by atoms with Crippen LogP contribution >= 0.6 is 0 Å². The van der Waals surface area contributed by atoms with Crippen molar-refractivity contribution in [3.05, 3.63) is 0 Å². The Morgan fingerprint density at radius 3 is 1.56 bits per heavy atom. The van der Waals surface area contributed by atoms with E-state index in [2.05, 4.69) is 27.7 Å². The average molecular weight is 363 g/mol. The summed E-state index contributed by atoms with van der Waals surface area (Å²) in [7, 11) is 0. The third kappa shape index (κ3) is 13.6. The largest absolute Gasteiger partial charge is 0.391 e. The first kappa shape index (κ1) is 24.8. The Kier molecular flexibility index (Phi) is 17.1. The second kappa shape index (κ2) is 17.2. The normalized spacial score (nSPS) is 16.6. The van der Waals surface area contributed by atoms with Crippen LogP contribution in [0.25, 0.3) is 0 Å². The highest BCUT2D eigenvalue weighted by Crippen LogP contribution is 2.17. The molecule has 152 valence electrons. The third-order valence-corrected chi connectivity index (χ3v) is 4.70. The molecule has 0 aromatic carbocycles. The second-order valence-corrected chi connectivity index (χ2v) is 6.90. The molecule has 0 aliphatic rings. The highest BCUT2D eigenvalue weighted by atomic mass is 16.7.